The first-order valence-corrected chi connectivity index (χ1v) is 12.1. The Kier molecular flexibility index (Phi) is 8.82. The second kappa shape index (κ2) is 10.9. The Morgan fingerprint density at radius 3 is 2.55 bits per heavy atom. The van der Waals surface area contributed by atoms with Crippen LogP contribution in [0.4, 0.5) is 8.78 Å². The van der Waals surface area contributed by atoms with Gasteiger partial charge in [0.05, 0.1) is 5.75 Å². The van der Waals surface area contributed by atoms with Crippen LogP contribution in [0.5, 0.6) is 0 Å². The number of halogens is 2. The molecule has 164 valence electrons. The molecule has 6 nitrogen and oxygen atoms in total. The van der Waals surface area contributed by atoms with Gasteiger partial charge in [-0.2, -0.15) is 0 Å². The lowest BCUT2D eigenvalue weighted by atomic mass is 10.0. The molecule has 0 aliphatic carbocycles. The smallest absolute Gasteiger partial charge is 0.191 e. The minimum absolute atomic E-state index is 0.0432. The molecule has 1 aliphatic heterocycles. The van der Waals surface area contributed by atoms with E-state index in [0.717, 1.165) is 38.5 Å². The van der Waals surface area contributed by atoms with E-state index >= 15 is 0 Å². The normalized spacial score (nSPS) is 17.9. The molecule has 1 aromatic carbocycles. The van der Waals surface area contributed by atoms with Crippen molar-refractivity contribution in [2.24, 2.45) is 4.99 Å². The molecular weight excluding hydrogens is 398 g/mol. The van der Waals surface area contributed by atoms with Crippen LogP contribution in [-0.2, 0) is 9.84 Å². The number of rotatable bonds is 8. The molecule has 0 bridgehead atoms. The predicted molar refractivity (Wildman–Crippen MR) is 113 cm³/mol. The number of benzene rings is 1. The number of likely N-dealkylation sites (tertiary alicyclic amines) is 1. The van der Waals surface area contributed by atoms with Crippen LogP contribution in [-0.4, -0.2) is 70.1 Å². The van der Waals surface area contributed by atoms with E-state index in [2.05, 4.69) is 20.5 Å². The van der Waals surface area contributed by atoms with Gasteiger partial charge in [-0.1, -0.05) is 13.0 Å². The number of sulfone groups is 1. The zero-order chi connectivity index (χ0) is 21.4. The van der Waals surface area contributed by atoms with Gasteiger partial charge in [0.2, 0.25) is 0 Å². The van der Waals surface area contributed by atoms with Gasteiger partial charge in [-0.25, -0.2) is 17.2 Å². The average Bonchev–Trinajstić information content (AvgIpc) is 2.67. The highest BCUT2D eigenvalue weighted by Crippen LogP contribution is 2.18. The van der Waals surface area contributed by atoms with E-state index in [4.69, 9.17) is 0 Å². The lowest BCUT2D eigenvalue weighted by Gasteiger charge is -2.33. The lowest BCUT2D eigenvalue weighted by Crippen LogP contribution is -2.49. The van der Waals surface area contributed by atoms with E-state index in [1.54, 1.807) is 6.07 Å². The van der Waals surface area contributed by atoms with Crippen molar-refractivity contribution >= 4 is 15.8 Å². The van der Waals surface area contributed by atoms with E-state index in [0.29, 0.717) is 24.6 Å². The summed E-state index contributed by atoms with van der Waals surface area (Å²) in [6.07, 6.45) is 3.08. The summed E-state index contributed by atoms with van der Waals surface area (Å²) in [6, 6.07) is 4.22. The van der Waals surface area contributed by atoms with Gasteiger partial charge in [-0.05, 0) is 37.5 Å². The van der Waals surface area contributed by atoms with Crippen molar-refractivity contribution in [3.05, 3.63) is 35.4 Å². The highest BCUT2D eigenvalue weighted by molar-refractivity contribution is 7.90. The van der Waals surface area contributed by atoms with Crippen LogP contribution in [0.2, 0.25) is 0 Å². The molecule has 1 unspecified atom stereocenters. The summed E-state index contributed by atoms with van der Waals surface area (Å²) >= 11 is 0. The number of piperidine rings is 1. The van der Waals surface area contributed by atoms with Crippen molar-refractivity contribution in [3.8, 4) is 0 Å². The summed E-state index contributed by atoms with van der Waals surface area (Å²) < 4.78 is 49.2. The Morgan fingerprint density at radius 2 is 1.97 bits per heavy atom. The summed E-state index contributed by atoms with van der Waals surface area (Å²) in [6.45, 7) is 7.36. The third-order valence-corrected chi connectivity index (χ3v) is 6.01. The summed E-state index contributed by atoms with van der Waals surface area (Å²) in [5.74, 6) is -0.833. The first-order valence-electron chi connectivity index (χ1n) is 10.1. The molecule has 29 heavy (non-hydrogen) atoms. The topological polar surface area (TPSA) is 73.8 Å². The van der Waals surface area contributed by atoms with Crippen LogP contribution in [0.1, 0.15) is 38.2 Å². The number of hydrogen-bond acceptors (Lipinski definition) is 4. The largest absolute Gasteiger partial charge is 0.357 e. The van der Waals surface area contributed by atoms with Crippen molar-refractivity contribution in [2.45, 2.75) is 38.6 Å². The molecule has 0 spiro atoms. The van der Waals surface area contributed by atoms with Crippen LogP contribution in [0.15, 0.2) is 23.2 Å². The predicted octanol–water partition coefficient (Wildman–Crippen LogP) is 2.13. The second-order valence-electron chi connectivity index (χ2n) is 7.68. The molecule has 1 aliphatic rings. The standard InChI is InChI=1S/C20H32F2N4O2S/c1-4-23-20(24-14-15(2)16-5-6-18(21)19(22)13-16)25-17-7-9-26(10-8-17)11-12-29(3,27)28/h5-6,13,15,17H,4,7-12,14H2,1-3H3,(H2,23,24,25). The summed E-state index contributed by atoms with van der Waals surface area (Å²) in [4.78, 5) is 6.78. The fourth-order valence-electron chi connectivity index (χ4n) is 3.26. The fraction of sp³-hybridized carbons (Fsp3) is 0.650. The molecule has 0 aromatic heterocycles. The second-order valence-corrected chi connectivity index (χ2v) is 9.94. The van der Waals surface area contributed by atoms with E-state index in [-0.39, 0.29) is 17.7 Å². The SMILES string of the molecule is CCNC(=NCC(C)c1ccc(F)c(F)c1)NC1CCN(CCS(C)(=O)=O)CC1. The maximum Gasteiger partial charge on any atom is 0.191 e. The zero-order valence-corrected chi connectivity index (χ0v) is 18.2. The van der Waals surface area contributed by atoms with Crippen molar-refractivity contribution < 1.29 is 17.2 Å². The van der Waals surface area contributed by atoms with Crippen molar-refractivity contribution in [2.75, 3.05) is 44.7 Å². The van der Waals surface area contributed by atoms with E-state index < -0.39 is 21.5 Å². The number of aliphatic imine (C=N–C) groups is 1. The van der Waals surface area contributed by atoms with Gasteiger partial charge >= 0.3 is 0 Å². The van der Waals surface area contributed by atoms with Gasteiger partial charge in [-0.15, -0.1) is 0 Å². The molecule has 1 saturated heterocycles. The Balaban J connectivity index is 1.87. The maximum atomic E-state index is 13.4. The van der Waals surface area contributed by atoms with Crippen molar-refractivity contribution in [1.82, 2.24) is 15.5 Å². The van der Waals surface area contributed by atoms with Crippen molar-refractivity contribution in [1.29, 1.82) is 0 Å². The fourth-order valence-corrected chi connectivity index (χ4v) is 3.85. The molecule has 9 heteroatoms. The first-order chi connectivity index (χ1) is 13.7. The van der Waals surface area contributed by atoms with Gasteiger partial charge in [0.15, 0.2) is 17.6 Å². The molecule has 2 N–H and O–H groups in total. The highest BCUT2D eigenvalue weighted by Gasteiger charge is 2.21. The minimum atomic E-state index is -2.94. The van der Waals surface area contributed by atoms with E-state index in [1.165, 1.54) is 12.3 Å². The Labute approximate surface area is 172 Å². The van der Waals surface area contributed by atoms with Crippen LogP contribution >= 0.6 is 0 Å². The molecule has 1 heterocycles. The molecule has 0 amide bonds. The third-order valence-electron chi connectivity index (χ3n) is 5.09. The molecule has 1 atom stereocenters. The molecule has 2 rings (SSSR count). The van der Waals surface area contributed by atoms with E-state index in [1.807, 2.05) is 13.8 Å². The van der Waals surface area contributed by atoms with Crippen LogP contribution < -0.4 is 10.6 Å². The lowest BCUT2D eigenvalue weighted by molar-refractivity contribution is 0.216. The third kappa shape index (κ3) is 8.26. The Hall–Kier alpha value is -1.74. The van der Waals surface area contributed by atoms with Crippen LogP contribution in [0, 0.1) is 11.6 Å². The zero-order valence-electron chi connectivity index (χ0n) is 17.4. The Morgan fingerprint density at radius 1 is 1.28 bits per heavy atom. The molecular formula is C20H32F2N4O2S. The highest BCUT2D eigenvalue weighted by atomic mass is 32.2. The molecule has 0 radical (unpaired) electrons. The number of nitrogens with zero attached hydrogens (tertiary/aromatic N) is 2. The number of nitrogens with one attached hydrogen (secondary N) is 2. The monoisotopic (exact) mass is 430 g/mol. The molecule has 0 saturated carbocycles. The van der Waals surface area contributed by atoms with Gasteiger partial charge in [0.25, 0.3) is 0 Å². The quantitative estimate of drug-likeness (QED) is 0.488. The summed E-state index contributed by atoms with van der Waals surface area (Å²) in [5, 5.41) is 6.66. The number of guanidine groups is 1. The first kappa shape index (κ1) is 23.5. The molecule has 1 aromatic rings. The number of hydrogen-bond donors (Lipinski definition) is 2. The van der Waals surface area contributed by atoms with Gasteiger partial charge in [0, 0.05) is 50.9 Å². The Bertz CT molecular complexity index is 794. The summed E-state index contributed by atoms with van der Waals surface area (Å²) in [5.41, 5.74) is 0.711. The minimum Gasteiger partial charge on any atom is -0.357 e. The van der Waals surface area contributed by atoms with Gasteiger partial charge < -0.3 is 15.5 Å². The maximum absolute atomic E-state index is 13.4. The van der Waals surface area contributed by atoms with Gasteiger partial charge in [0.1, 0.15) is 9.84 Å². The molecule has 1 fully saturated rings. The average molecular weight is 431 g/mol. The van der Waals surface area contributed by atoms with Crippen molar-refractivity contribution in [3.63, 3.8) is 0 Å². The van der Waals surface area contributed by atoms with Gasteiger partial charge in [-0.3, -0.25) is 4.99 Å². The van der Waals surface area contributed by atoms with Crippen LogP contribution in [0.3, 0.4) is 0 Å². The summed E-state index contributed by atoms with van der Waals surface area (Å²) in [7, 11) is -2.94. The van der Waals surface area contributed by atoms with Crippen LogP contribution in [0.25, 0.3) is 0 Å². The van der Waals surface area contributed by atoms with E-state index in [9.17, 15) is 17.2 Å².